The minimum absolute atomic E-state index is 0.427. The summed E-state index contributed by atoms with van der Waals surface area (Å²) in [6.07, 6.45) is 3.97. The number of hydrogen-bond donors (Lipinski definition) is 0. The third-order valence-corrected chi connectivity index (χ3v) is 3.11. The molecule has 1 aromatic rings. The molecule has 0 aromatic carbocycles. The van der Waals surface area contributed by atoms with Crippen molar-refractivity contribution in [3.8, 4) is 0 Å². The first-order valence-electron chi connectivity index (χ1n) is 5.50. The number of nitrogens with zero attached hydrogens (tertiary/aromatic N) is 2. The van der Waals surface area contributed by atoms with Crippen molar-refractivity contribution in [3.63, 3.8) is 0 Å². The highest BCUT2D eigenvalue weighted by atomic mass is 79.9. The van der Waals surface area contributed by atoms with Gasteiger partial charge in [-0.25, -0.2) is 0 Å². The zero-order valence-electron chi connectivity index (χ0n) is 9.66. The van der Waals surface area contributed by atoms with Gasteiger partial charge in [0.2, 0.25) is 0 Å². The molecule has 1 aromatic heterocycles. The van der Waals surface area contributed by atoms with E-state index in [2.05, 4.69) is 41.8 Å². The quantitative estimate of drug-likeness (QED) is 0.742. The molecule has 1 rings (SSSR count). The van der Waals surface area contributed by atoms with Crippen LogP contribution in [0.2, 0.25) is 0 Å². The largest absolute Gasteiger partial charge is 0.375 e. The molecule has 0 unspecified atom stereocenters. The highest BCUT2D eigenvalue weighted by molar-refractivity contribution is 9.10. The van der Waals surface area contributed by atoms with Crippen LogP contribution in [0.25, 0.3) is 0 Å². The molecule has 0 aliphatic rings. The molecule has 0 saturated heterocycles. The minimum atomic E-state index is 0.427. The van der Waals surface area contributed by atoms with Crippen molar-refractivity contribution in [3.05, 3.63) is 16.4 Å². The number of ether oxygens (including phenoxy) is 1. The average molecular weight is 275 g/mol. The van der Waals surface area contributed by atoms with Gasteiger partial charge in [-0.05, 0) is 35.7 Å². The van der Waals surface area contributed by atoms with Crippen LogP contribution < -0.4 is 0 Å². The molecule has 0 aliphatic carbocycles. The zero-order chi connectivity index (χ0) is 11.3. The van der Waals surface area contributed by atoms with Gasteiger partial charge in [0.25, 0.3) is 0 Å². The van der Waals surface area contributed by atoms with Gasteiger partial charge in [0.05, 0.1) is 23.0 Å². The molecule has 0 aliphatic heterocycles. The lowest BCUT2D eigenvalue weighted by Gasteiger charge is -2.14. The van der Waals surface area contributed by atoms with E-state index in [9.17, 15) is 0 Å². The molecule has 4 heteroatoms. The molecule has 0 fully saturated rings. The van der Waals surface area contributed by atoms with Crippen LogP contribution in [-0.4, -0.2) is 16.4 Å². The van der Waals surface area contributed by atoms with Gasteiger partial charge in [0, 0.05) is 12.6 Å². The van der Waals surface area contributed by atoms with Gasteiger partial charge >= 0.3 is 0 Å². The Morgan fingerprint density at radius 2 is 2.27 bits per heavy atom. The SMILES string of the molecule is CCCOCc1c(Br)cnn1[C@@H](C)CC. The Labute approximate surface area is 99.9 Å². The normalized spacial score (nSPS) is 13.1. The van der Waals surface area contributed by atoms with Gasteiger partial charge in [-0.3, -0.25) is 4.68 Å². The number of rotatable bonds is 6. The molecule has 0 spiro atoms. The maximum absolute atomic E-state index is 5.55. The maximum atomic E-state index is 5.55. The van der Waals surface area contributed by atoms with Gasteiger partial charge in [-0.1, -0.05) is 13.8 Å². The molecular formula is C11H19BrN2O. The Hall–Kier alpha value is -0.350. The second-order valence-electron chi connectivity index (χ2n) is 3.69. The van der Waals surface area contributed by atoms with Gasteiger partial charge in [-0.15, -0.1) is 0 Å². The fourth-order valence-electron chi connectivity index (χ4n) is 1.37. The molecule has 0 saturated carbocycles. The highest BCUT2D eigenvalue weighted by Crippen LogP contribution is 2.21. The molecule has 0 bridgehead atoms. The topological polar surface area (TPSA) is 27.1 Å². The summed E-state index contributed by atoms with van der Waals surface area (Å²) in [4.78, 5) is 0. The van der Waals surface area contributed by atoms with E-state index in [1.165, 1.54) is 0 Å². The van der Waals surface area contributed by atoms with E-state index in [0.717, 1.165) is 29.6 Å². The summed E-state index contributed by atoms with van der Waals surface area (Å²) in [5.74, 6) is 0. The van der Waals surface area contributed by atoms with E-state index in [0.29, 0.717) is 12.6 Å². The second kappa shape index (κ2) is 6.28. The van der Waals surface area contributed by atoms with Crippen LogP contribution in [0.1, 0.15) is 45.3 Å². The fourth-order valence-corrected chi connectivity index (χ4v) is 1.76. The van der Waals surface area contributed by atoms with Gasteiger partial charge < -0.3 is 4.74 Å². The summed E-state index contributed by atoms with van der Waals surface area (Å²) in [5, 5.41) is 4.36. The first-order valence-corrected chi connectivity index (χ1v) is 6.29. The van der Waals surface area contributed by atoms with Crippen LogP contribution in [0.15, 0.2) is 10.7 Å². The molecule has 86 valence electrons. The van der Waals surface area contributed by atoms with Crippen molar-refractivity contribution < 1.29 is 4.74 Å². The fraction of sp³-hybridized carbons (Fsp3) is 0.727. The Kier molecular flexibility index (Phi) is 5.32. The monoisotopic (exact) mass is 274 g/mol. The molecule has 3 nitrogen and oxygen atoms in total. The van der Waals surface area contributed by atoms with Crippen LogP contribution in [-0.2, 0) is 11.3 Å². The van der Waals surface area contributed by atoms with Crippen molar-refractivity contribution >= 4 is 15.9 Å². The molecule has 0 radical (unpaired) electrons. The van der Waals surface area contributed by atoms with Crippen LogP contribution in [0.4, 0.5) is 0 Å². The van der Waals surface area contributed by atoms with E-state index in [1.54, 1.807) is 0 Å². The van der Waals surface area contributed by atoms with Crippen molar-refractivity contribution in [2.75, 3.05) is 6.61 Å². The predicted octanol–water partition coefficient (Wildman–Crippen LogP) is 3.54. The van der Waals surface area contributed by atoms with E-state index < -0.39 is 0 Å². The maximum Gasteiger partial charge on any atom is 0.0896 e. The van der Waals surface area contributed by atoms with Gasteiger partial charge in [0.15, 0.2) is 0 Å². The smallest absolute Gasteiger partial charge is 0.0896 e. The highest BCUT2D eigenvalue weighted by Gasteiger charge is 2.12. The Morgan fingerprint density at radius 1 is 1.53 bits per heavy atom. The lowest BCUT2D eigenvalue weighted by molar-refractivity contribution is 0.113. The second-order valence-corrected chi connectivity index (χ2v) is 4.55. The summed E-state index contributed by atoms with van der Waals surface area (Å²) in [6, 6.07) is 0.427. The van der Waals surface area contributed by atoms with Gasteiger partial charge in [-0.2, -0.15) is 5.10 Å². The molecule has 0 amide bonds. The van der Waals surface area contributed by atoms with Crippen LogP contribution in [0, 0.1) is 0 Å². The van der Waals surface area contributed by atoms with E-state index >= 15 is 0 Å². The number of aromatic nitrogens is 2. The van der Waals surface area contributed by atoms with Crippen LogP contribution in [0.5, 0.6) is 0 Å². The van der Waals surface area contributed by atoms with Crippen LogP contribution >= 0.6 is 15.9 Å². The van der Waals surface area contributed by atoms with Crippen LogP contribution in [0.3, 0.4) is 0 Å². The third kappa shape index (κ3) is 3.31. The predicted molar refractivity (Wildman–Crippen MR) is 64.9 cm³/mol. The van der Waals surface area contributed by atoms with Crippen molar-refractivity contribution in [1.29, 1.82) is 0 Å². The van der Waals surface area contributed by atoms with E-state index in [4.69, 9.17) is 4.74 Å². The number of hydrogen-bond acceptors (Lipinski definition) is 2. The first kappa shape index (κ1) is 12.7. The van der Waals surface area contributed by atoms with E-state index in [1.807, 2.05) is 10.9 Å². The lowest BCUT2D eigenvalue weighted by Crippen LogP contribution is -2.11. The Morgan fingerprint density at radius 3 is 2.87 bits per heavy atom. The molecule has 15 heavy (non-hydrogen) atoms. The Bertz CT molecular complexity index is 299. The molecular weight excluding hydrogens is 256 g/mol. The summed E-state index contributed by atoms with van der Waals surface area (Å²) >= 11 is 3.50. The minimum Gasteiger partial charge on any atom is -0.375 e. The van der Waals surface area contributed by atoms with Crippen molar-refractivity contribution in [2.24, 2.45) is 0 Å². The molecule has 1 heterocycles. The number of halogens is 1. The van der Waals surface area contributed by atoms with Gasteiger partial charge in [0.1, 0.15) is 0 Å². The Balaban J connectivity index is 2.70. The van der Waals surface area contributed by atoms with Crippen molar-refractivity contribution in [2.45, 2.75) is 46.3 Å². The van der Waals surface area contributed by atoms with E-state index in [-0.39, 0.29) is 0 Å². The third-order valence-electron chi connectivity index (χ3n) is 2.44. The van der Waals surface area contributed by atoms with Crippen molar-refractivity contribution in [1.82, 2.24) is 9.78 Å². The summed E-state index contributed by atoms with van der Waals surface area (Å²) in [6.45, 7) is 7.89. The zero-order valence-corrected chi connectivity index (χ0v) is 11.2. The average Bonchev–Trinajstić information content (AvgIpc) is 2.60. The molecule has 1 atom stereocenters. The standard InChI is InChI=1S/C11H19BrN2O/c1-4-6-15-8-11-10(12)7-13-14(11)9(3)5-2/h7,9H,4-6,8H2,1-3H3/t9-/m0/s1. The molecule has 0 N–H and O–H groups in total. The summed E-state index contributed by atoms with van der Waals surface area (Å²) in [7, 11) is 0. The summed E-state index contributed by atoms with van der Waals surface area (Å²) < 4.78 is 8.63. The first-order chi connectivity index (χ1) is 7.20. The lowest BCUT2D eigenvalue weighted by atomic mass is 10.2. The summed E-state index contributed by atoms with van der Waals surface area (Å²) in [5.41, 5.74) is 1.14.